The number of amides is 2. The van der Waals surface area contributed by atoms with Crippen LogP contribution in [0.3, 0.4) is 0 Å². The number of hydrogen-bond acceptors (Lipinski definition) is 5. The molecule has 0 saturated heterocycles. The first kappa shape index (κ1) is 20.3. The molecule has 31 heavy (non-hydrogen) atoms. The smallest absolute Gasteiger partial charge is 0.291 e. The number of anilines is 1. The number of ether oxygens (including phenoxy) is 1. The molecule has 0 aliphatic heterocycles. The Kier molecular flexibility index (Phi) is 5.49. The molecule has 7 nitrogen and oxygen atoms in total. The SMILES string of the molecule is COc1cccc(CCc2ccc(C(=O)Nc3c(C(N)=O)oc4cc(C)ccc34)o2)c1. The number of hydrogen-bond donors (Lipinski definition) is 2. The lowest BCUT2D eigenvalue weighted by Crippen LogP contribution is -2.16. The fourth-order valence-corrected chi connectivity index (χ4v) is 3.41. The normalized spacial score (nSPS) is 10.9. The molecule has 0 aliphatic rings. The molecule has 158 valence electrons. The first-order valence-corrected chi connectivity index (χ1v) is 9.80. The highest BCUT2D eigenvalue weighted by Gasteiger charge is 2.22. The molecule has 4 aromatic rings. The molecular weight excluding hydrogens is 396 g/mol. The first-order valence-electron chi connectivity index (χ1n) is 9.80. The van der Waals surface area contributed by atoms with Crippen LogP contribution in [0, 0.1) is 6.92 Å². The standard InChI is InChI=1S/C24H22N2O5/c1-14-6-10-18-20(12-14)31-22(23(25)27)21(18)26-24(28)19-11-9-16(30-19)8-7-15-4-3-5-17(13-15)29-2/h3-6,9-13H,7-8H2,1-2H3,(H2,25,27)(H,26,28). The van der Waals surface area contributed by atoms with Gasteiger partial charge in [-0.2, -0.15) is 0 Å². The second-order valence-corrected chi connectivity index (χ2v) is 7.24. The Bertz CT molecular complexity index is 1270. The Labute approximate surface area is 178 Å². The van der Waals surface area contributed by atoms with Crippen LogP contribution in [0.15, 0.2) is 63.4 Å². The maximum atomic E-state index is 12.8. The fourth-order valence-electron chi connectivity index (χ4n) is 3.41. The molecule has 2 aromatic heterocycles. The van der Waals surface area contributed by atoms with Crippen molar-refractivity contribution in [3.05, 3.63) is 83.0 Å². The summed E-state index contributed by atoms with van der Waals surface area (Å²) in [6, 6.07) is 16.6. The number of methoxy groups -OCH3 is 1. The average Bonchev–Trinajstić information content (AvgIpc) is 3.37. The van der Waals surface area contributed by atoms with E-state index in [1.165, 1.54) is 0 Å². The molecule has 0 bridgehead atoms. The summed E-state index contributed by atoms with van der Waals surface area (Å²) in [5.74, 6) is 0.262. The molecule has 0 unspecified atom stereocenters. The molecule has 0 saturated carbocycles. The monoisotopic (exact) mass is 418 g/mol. The summed E-state index contributed by atoms with van der Waals surface area (Å²) in [4.78, 5) is 24.6. The Balaban J connectivity index is 1.50. The van der Waals surface area contributed by atoms with Gasteiger partial charge in [0.1, 0.15) is 22.8 Å². The van der Waals surface area contributed by atoms with E-state index in [-0.39, 0.29) is 17.2 Å². The van der Waals surface area contributed by atoms with Crippen LogP contribution in [0.5, 0.6) is 5.75 Å². The zero-order valence-corrected chi connectivity index (χ0v) is 17.2. The third-order valence-corrected chi connectivity index (χ3v) is 4.99. The quantitative estimate of drug-likeness (QED) is 0.460. The fraction of sp³-hybridized carbons (Fsp3) is 0.167. The van der Waals surface area contributed by atoms with E-state index in [0.29, 0.717) is 23.2 Å². The van der Waals surface area contributed by atoms with Crippen LogP contribution in [0.2, 0.25) is 0 Å². The van der Waals surface area contributed by atoms with Gasteiger partial charge in [0.2, 0.25) is 5.76 Å². The third kappa shape index (κ3) is 4.30. The van der Waals surface area contributed by atoms with Crippen molar-refractivity contribution in [2.75, 3.05) is 12.4 Å². The Morgan fingerprint density at radius 1 is 1.03 bits per heavy atom. The first-order chi connectivity index (χ1) is 14.9. The summed E-state index contributed by atoms with van der Waals surface area (Å²) in [7, 11) is 1.63. The van der Waals surface area contributed by atoms with Crippen molar-refractivity contribution in [1.29, 1.82) is 0 Å². The molecule has 0 spiro atoms. The topological polar surface area (TPSA) is 108 Å². The number of nitrogens with two attached hydrogens (primary N) is 1. The molecule has 2 amide bonds. The predicted molar refractivity (Wildman–Crippen MR) is 117 cm³/mol. The maximum Gasteiger partial charge on any atom is 0.291 e. The molecule has 2 heterocycles. The van der Waals surface area contributed by atoms with Crippen LogP contribution in [0.4, 0.5) is 5.69 Å². The number of primary amides is 1. The summed E-state index contributed by atoms with van der Waals surface area (Å²) in [5, 5.41) is 3.30. The number of benzene rings is 2. The second kappa shape index (κ2) is 8.39. The van der Waals surface area contributed by atoms with Gasteiger partial charge in [-0.15, -0.1) is 0 Å². The van der Waals surface area contributed by atoms with E-state index in [1.54, 1.807) is 31.4 Å². The van der Waals surface area contributed by atoms with Gasteiger partial charge >= 0.3 is 0 Å². The third-order valence-electron chi connectivity index (χ3n) is 4.99. The maximum absolute atomic E-state index is 12.8. The highest BCUT2D eigenvalue weighted by atomic mass is 16.5. The van der Waals surface area contributed by atoms with Gasteiger partial charge in [-0.25, -0.2) is 0 Å². The van der Waals surface area contributed by atoms with Gasteiger partial charge in [0.25, 0.3) is 11.8 Å². The Morgan fingerprint density at radius 2 is 1.87 bits per heavy atom. The molecule has 0 atom stereocenters. The molecular formula is C24H22N2O5. The molecule has 7 heteroatoms. The van der Waals surface area contributed by atoms with E-state index in [4.69, 9.17) is 19.3 Å². The van der Waals surface area contributed by atoms with Crippen LogP contribution < -0.4 is 15.8 Å². The van der Waals surface area contributed by atoms with Crippen molar-refractivity contribution >= 4 is 28.5 Å². The van der Waals surface area contributed by atoms with Gasteiger partial charge in [0, 0.05) is 11.8 Å². The van der Waals surface area contributed by atoms with Gasteiger partial charge in [-0.05, 0) is 60.9 Å². The highest BCUT2D eigenvalue weighted by molar-refractivity contribution is 6.13. The van der Waals surface area contributed by atoms with Crippen LogP contribution in [0.25, 0.3) is 11.0 Å². The number of carbonyl (C=O) groups is 2. The van der Waals surface area contributed by atoms with Gasteiger partial charge in [-0.1, -0.05) is 18.2 Å². The van der Waals surface area contributed by atoms with E-state index >= 15 is 0 Å². The van der Waals surface area contributed by atoms with Crippen molar-refractivity contribution in [3.8, 4) is 5.75 Å². The lowest BCUT2D eigenvalue weighted by molar-refractivity contribution is 0.0977. The molecule has 2 aromatic carbocycles. The minimum absolute atomic E-state index is 0.0984. The van der Waals surface area contributed by atoms with E-state index in [2.05, 4.69) is 5.32 Å². The number of fused-ring (bicyclic) bond motifs is 1. The molecule has 0 radical (unpaired) electrons. The van der Waals surface area contributed by atoms with Crippen molar-refractivity contribution < 1.29 is 23.2 Å². The summed E-state index contributed by atoms with van der Waals surface area (Å²) in [6.07, 6.45) is 1.37. The van der Waals surface area contributed by atoms with Crippen molar-refractivity contribution in [1.82, 2.24) is 0 Å². The second-order valence-electron chi connectivity index (χ2n) is 7.24. The average molecular weight is 418 g/mol. The summed E-state index contributed by atoms with van der Waals surface area (Å²) >= 11 is 0. The number of furan rings is 2. The molecule has 0 fully saturated rings. The largest absolute Gasteiger partial charge is 0.497 e. The van der Waals surface area contributed by atoms with Crippen molar-refractivity contribution in [3.63, 3.8) is 0 Å². The van der Waals surface area contributed by atoms with Gasteiger partial charge in [-0.3, -0.25) is 9.59 Å². The van der Waals surface area contributed by atoms with Crippen LogP contribution in [0.1, 0.15) is 38.0 Å². The Morgan fingerprint density at radius 3 is 2.65 bits per heavy atom. The number of rotatable bonds is 7. The predicted octanol–water partition coefficient (Wildman–Crippen LogP) is 4.48. The lowest BCUT2D eigenvalue weighted by Gasteiger charge is -2.04. The minimum atomic E-state index is -0.762. The summed E-state index contributed by atoms with van der Waals surface area (Å²) in [6.45, 7) is 1.90. The number of aryl methyl sites for hydroxylation is 3. The van der Waals surface area contributed by atoms with Gasteiger partial charge < -0.3 is 24.6 Å². The molecule has 3 N–H and O–H groups in total. The highest BCUT2D eigenvalue weighted by Crippen LogP contribution is 2.32. The van der Waals surface area contributed by atoms with Crippen molar-refractivity contribution in [2.24, 2.45) is 5.73 Å². The van der Waals surface area contributed by atoms with E-state index < -0.39 is 11.8 Å². The minimum Gasteiger partial charge on any atom is -0.497 e. The number of nitrogens with one attached hydrogen (secondary N) is 1. The zero-order chi connectivity index (χ0) is 22.0. The summed E-state index contributed by atoms with van der Waals surface area (Å²) < 4.78 is 16.5. The van der Waals surface area contributed by atoms with Gasteiger partial charge in [0.15, 0.2) is 5.76 Å². The summed E-state index contributed by atoms with van der Waals surface area (Å²) in [5.41, 5.74) is 8.21. The van der Waals surface area contributed by atoms with Crippen LogP contribution in [-0.2, 0) is 12.8 Å². The zero-order valence-electron chi connectivity index (χ0n) is 17.2. The van der Waals surface area contributed by atoms with E-state index in [0.717, 1.165) is 23.3 Å². The van der Waals surface area contributed by atoms with Crippen LogP contribution >= 0.6 is 0 Å². The van der Waals surface area contributed by atoms with Crippen LogP contribution in [-0.4, -0.2) is 18.9 Å². The van der Waals surface area contributed by atoms with E-state index in [1.807, 2.05) is 37.3 Å². The van der Waals surface area contributed by atoms with Gasteiger partial charge in [0.05, 0.1) is 7.11 Å². The molecule has 0 aliphatic carbocycles. The number of carbonyl (C=O) groups excluding carboxylic acids is 2. The van der Waals surface area contributed by atoms with Crippen molar-refractivity contribution in [2.45, 2.75) is 19.8 Å². The van der Waals surface area contributed by atoms with E-state index in [9.17, 15) is 9.59 Å². The Hall–Kier alpha value is -4.00. The molecule has 4 rings (SSSR count). The lowest BCUT2D eigenvalue weighted by atomic mass is 10.1.